The molecule has 0 bridgehead atoms. The molecule has 7 atom stereocenters. The van der Waals surface area contributed by atoms with Gasteiger partial charge in [0, 0.05) is 42.5 Å². The second-order valence-electron chi connectivity index (χ2n) is 13.5. The Hall–Kier alpha value is -1.46. The normalized spacial score (nSPS) is 35.1. The zero-order valence-electron chi connectivity index (χ0n) is 24.4. The van der Waals surface area contributed by atoms with Crippen molar-refractivity contribution in [3.05, 3.63) is 29.8 Å². The number of fused-ring (bicyclic) bond motifs is 5. The topological polar surface area (TPSA) is 58.6 Å². The van der Waals surface area contributed by atoms with Crippen LogP contribution in [-0.4, -0.2) is 48.4 Å². The summed E-state index contributed by atoms with van der Waals surface area (Å²) in [5.41, 5.74) is 2.45. The van der Waals surface area contributed by atoms with Crippen molar-refractivity contribution < 1.29 is 14.3 Å². The Morgan fingerprint density at radius 1 is 0.975 bits per heavy atom. The molecule has 3 aliphatic carbocycles. The van der Waals surface area contributed by atoms with Crippen molar-refractivity contribution in [3.8, 4) is 0 Å². The summed E-state index contributed by atoms with van der Waals surface area (Å²) in [4.78, 5) is 27.5. The molecule has 1 N–H and O–H groups in total. The number of hydrogen-bond donors (Lipinski definition) is 1. The van der Waals surface area contributed by atoms with Crippen LogP contribution in [0.1, 0.15) is 90.0 Å². The lowest BCUT2D eigenvalue weighted by molar-refractivity contribution is -0.162. The zero-order chi connectivity index (χ0) is 28.3. The molecule has 222 valence electrons. The van der Waals surface area contributed by atoms with Crippen LogP contribution in [0.25, 0.3) is 0 Å². The fourth-order valence-corrected chi connectivity index (χ4v) is 9.33. The lowest BCUT2D eigenvalue weighted by Crippen LogP contribution is -2.63. The minimum Gasteiger partial charge on any atom is -0.462 e. The van der Waals surface area contributed by atoms with Gasteiger partial charge in [-0.25, -0.2) is 0 Å². The summed E-state index contributed by atoms with van der Waals surface area (Å²) in [6.45, 7) is 6.63. The van der Waals surface area contributed by atoms with E-state index in [1.807, 2.05) is 0 Å². The number of rotatable bonds is 10. The number of anilines is 1. The molecule has 1 aliphatic heterocycles. The quantitative estimate of drug-likeness (QED) is 0.233. The van der Waals surface area contributed by atoms with Gasteiger partial charge in [-0.05, 0) is 118 Å². The van der Waals surface area contributed by atoms with Gasteiger partial charge in [0.05, 0.1) is 6.42 Å². The smallest absolute Gasteiger partial charge is 0.310 e. The van der Waals surface area contributed by atoms with E-state index in [-0.39, 0.29) is 23.5 Å². The number of alkyl halides is 2. The lowest BCUT2D eigenvalue weighted by Gasteiger charge is -2.62. The molecule has 1 heterocycles. The first-order chi connectivity index (χ1) is 19.3. The second-order valence-corrected chi connectivity index (χ2v) is 14.3. The van der Waals surface area contributed by atoms with Gasteiger partial charge >= 0.3 is 5.97 Å². The Labute approximate surface area is 251 Å². The molecule has 5 rings (SSSR count). The van der Waals surface area contributed by atoms with E-state index in [1.165, 1.54) is 19.3 Å². The highest BCUT2D eigenvalue weighted by molar-refractivity contribution is 6.18. The zero-order valence-corrected chi connectivity index (χ0v) is 25.9. The first-order valence-corrected chi connectivity index (χ1v) is 16.8. The van der Waals surface area contributed by atoms with Crippen LogP contribution < -0.4 is 10.2 Å². The summed E-state index contributed by atoms with van der Waals surface area (Å²) in [5, 5.41) is 3.38. The minimum atomic E-state index is -0.109. The van der Waals surface area contributed by atoms with Crippen LogP contribution in [0.15, 0.2) is 24.3 Å². The van der Waals surface area contributed by atoms with Gasteiger partial charge in [-0.2, -0.15) is 0 Å². The van der Waals surface area contributed by atoms with Gasteiger partial charge in [-0.3, -0.25) is 9.59 Å². The first kappa shape index (κ1) is 30.0. The third kappa shape index (κ3) is 6.31. The fraction of sp³-hybridized carbons (Fsp3) is 0.758. The average Bonchev–Trinajstić information content (AvgIpc) is 2.93. The van der Waals surface area contributed by atoms with Crippen LogP contribution >= 0.6 is 23.2 Å². The van der Waals surface area contributed by atoms with Crippen LogP contribution in [0.3, 0.4) is 0 Å². The van der Waals surface area contributed by atoms with Gasteiger partial charge < -0.3 is 15.0 Å². The molecule has 1 saturated heterocycles. The second kappa shape index (κ2) is 12.8. The highest BCUT2D eigenvalue weighted by atomic mass is 35.5. The van der Waals surface area contributed by atoms with Crippen LogP contribution in [0, 0.1) is 29.1 Å². The molecule has 3 unspecified atom stereocenters. The Bertz CT molecular complexity index is 1030. The number of amides is 1. The molecule has 0 radical (unpaired) electrons. The molecule has 4 fully saturated rings. The predicted octanol–water partition coefficient (Wildman–Crippen LogP) is 7.12. The number of hydrogen-bond acceptors (Lipinski definition) is 4. The van der Waals surface area contributed by atoms with E-state index in [9.17, 15) is 9.59 Å². The molecule has 7 heteroatoms. The first-order valence-electron chi connectivity index (χ1n) is 15.7. The molecule has 1 amide bonds. The van der Waals surface area contributed by atoms with Gasteiger partial charge in [-0.15, -0.1) is 23.2 Å². The van der Waals surface area contributed by atoms with E-state index in [4.69, 9.17) is 27.9 Å². The van der Waals surface area contributed by atoms with E-state index in [0.29, 0.717) is 47.8 Å². The Morgan fingerprint density at radius 3 is 2.40 bits per heavy atom. The van der Waals surface area contributed by atoms with Gasteiger partial charge in [0.15, 0.2) is 0 Å². The molecule has 3 saturated carbocycles. The molecular weight excluding hydrogens is 543 g/mol. The maximum Gasteiger partial charge on any atom is 0.310 e. The molecule has 5 nitrogen and oxygen atoms in total. The third-order valence-electron chi connectivity index (χ3n) is 11.2. The Balaban J connectivity index is 1.15. The predicted molar refractivity (Wildman–Crippen MR) is 163 cm³/mol. The van der Waals surface area contributed by atoms with Crippen molar-refractivity contribution in [2.75, 3.05) is 29.7 Å². The van der Waals surface area contributed by atoms with E-state index < -0.39 is 0 Å². The SMILES string of the molecule is C[C@]12CCC3C(CC[C@H]4C[C@@H](OC(=O)Cc5ccc(N(CCCCl)CCCCl)cc5)CC[C@]34C)C1CCC(=O)N2. The standard InChI is InChI=1S/C33H48Cl2N2O3/c1-32-15-13-26(22-24(32)7-10-27-28(32)14-16-33(2)29(27)11-12-30(38)36-33)40-31(39)21-23-5-8-25(9-6-23)37(19-3-17-34)20-4-18-35/h5-6,8-9,24,26-29H,3-4,7,10-22H2,1-2H3,(H,36,38)/t24-,26-,27?,28?,29?,32-,33-/m0/s1. The highest BCUT2D eigenvalue weighted by Crippen LogP contribution is 2.62. The maximum absolute atomic E-state index is 13.0. The van der Waals surface area contributed by atoms with Crippen LogP contribution in [0.5, 0.6) is 0 Å². The third-order valence-corrected chi connectivity index (χ3v) is 11.7. The Morgan fingerprint density at radius 2 is 1.70 bits per heavy atom. The molecule has 1 aromatic rings. The highest BCUT2D eigenvalue weighted by Gasteiger charge is 2.58. The average molecular weight is 592 g/mol. The van der Waals surface area contributed by atoms with Crippen molar-refractivity contribution in [2.45, 2.75) is 103 Å². The van der Waals surface area contributed by atoms with Crippen LogP contribution in [0.4, 0.5) is 5.69 Å². The molecule has 40 heavy (non-hydrogen) atoms. The van der Waals surface area contributed by atoms with Gasteiger partial charge in [0.1, 0.15) is 6.10 Å². The lowest BCUT2D eigenvalue weighted by atomic mass is 9.45. The van der Waals surface area contributed by atoms with E-state index in [0.717, 1.165) is 75.2 Å². The van der Waals surface area contributed by atoms with Gasteiger partial charge in [0.25, 0.3) is 0 Å². The van der Waals surface area contributed by atoms with Crippen molar-refractivity contribution in [3.63, 3.8) is 0 Å². The van der Waals surface area contributed by atoms with Crippen molar-refractivity contribution in [1.29, 1.82) is 0 Å². The summed E-state index contributed by atoms with van der Waals surface area (Å²) in [6.07, 6.45) is 11.8. The molecule has 1 aromatic carbocycles. The Kier molecular flexibility index (Phi) is 9.62. The number of halogens is 2. The minimum absolute atomic E-state index is 0.0166. The number of piperidine rings is 1. The number of esters is 1. The summed E-state index contributed by atoms with van der Waals surface area (Å²) in [7, 11) is 0. The molecule has 0 spiro atoms. The number of carbonyl (C=O) groups is 2. The monoisotopic (exact) mass is 590 g/mol. The van der Waals surface area contributed by atoms with E-state index >= 15 is 0 Å². The number of ether oxygens (including phenoxy) is 1. The summed E-state index contributed by atoms with van der Waals surface area (Å²) in [6, 6.07) is 8.30. The van der Waals surface area contributed by atoms with Crippen LogP contribution in [-0.2, 0) is 20.7 Å². The van der Waals surface area contributed by atoms with Crippen molar-refractivity contribution in [1.82, 2.24) is 5.32 Å². The summed E-state index contributed by atoms with van der Waals surface area (Å²) in [5.74, 6) is 4.08. The largest absolute Gasteiger partial charge is 0.462 e. The molecular formula is C33H48Cl2N2O3. The van der Waals surface area contributed by atoms with Crippen LogP contribution in [0.2, 0.25) is 0 Å². The van der Waals surface area contributed by atoms with E-state index in [1.54, 1.807) is 0 Å². The van der Waals surface area contributed by atoms with Crippen molar-refractivity contribution in [2.24, 2.45) is 29.1 Å². The van der Waals surface area contributed by atoms with Gasteiger partial charge in [-0.1, -0.05) is 19.1 Å². The number of nitrogens with zero attached hydrogens (tertiary/aromatic N) is 1. The number of benzene rings is 1. The van der Waals surface area contributed by atoms with Crippen molar-refractivity contribution >= 4 is 40.8 Å². The molecule has 0 aromatic heterocycles. The number of nitrogens with one attached hydrogen (secondary N) is 1. The fourth-order valence-electron chi connectivity index (χ4n) is 9.09. The summed E-state index contributed by atoms with van der Waals surface area (Å²) >= 11 is 11.8. The van der Waals surface area contributed by atoms with E-state index in [2.05, 4.69) is 48.3 Å². The summed E-state index contributed by atoms with van der Waals surface area (Å²) < 4.78 is 6.10. The number of carbonyl (C=O) groups excluding carboxylic acids is 2. The molecule has 4 aliphatic rings. The van der Waals surface area contributed by atoms with Gasteiger partial charge in [0.2, 0.25) is 5.91 Å². The maximum atomic E-state index is 13.0.